The van der Waals surface area contributed by atoms with E-state index in [0.29, 0.717) is 17.9 Å². The van der Waals surface area contributed by atoms with Gasteiger partial charge in [-0.2, -0.15) is 0 Å². The number of aromatic nitrogens is 2. The van der Waals surface area contributed by atoms with Crippen LogP contribution in [0.25, 0.3) is 5.65 Å². The predicted octanol–water partition coefficient (Wildman–Crippen LogP) is 4.92. The lowest BCUT2D eigenvalue weighted by molar-refractivity contribution is 0.102. The number of pyridine rings is 1. The lowest BCUT2D eigenvalue weighted by Gasteiger charge is -2.35. The third-order valence-electron chi connectivity index (χ3n) is 6.77. The van der Waals surface area contributed by atoms with Crippen molar-refractivity contribution in [2.75, 3.05) is 42.9 Å². The first kappa shape index (κ1) is 23.9. The molecule has 2 aromatic carbocycles. The molecular weight excluding hydrogens is 450 g/mol. The summed E-state index contributed by atoms with van der Waals surface area (Å²) in [5.74, 6) is 0.477. The number of carbonyl (C=O) groups is 1. The maximum Gasteiger partial charge on any atom is 0.255 e. The number of hydrogen-bond donors (Lipinski definition) is 1. The molecule has 3 heterocycles. The molecule has 0 spiro atoms. The van der Waals surface area contributed by atoms with Crippen molar-refractivity contribution < 1.29 is 9.53 Å². The summed E-state index contributed by atoms with van der Waals surface area (Å²) in [6.45, 7) is 12.0. The maximum atomic E-state index is 13.0. The van der Waals surface area contributed by atoms with E-state index in [1.807, 2.05) is 54.0 Å². The van der Waals surface area contributed by atoms with Crippen LogP contribution in [0.1, 0.15) is 34.1 Å². The molecule has 0 bridgehead atoms. The molecule has 0 atom stereocenters. The molecule has 1 N–H and O–H groups in total. The van der Waals surface area contributed by atoms with Gasteiger partial charge in [-0.15, -0.1) is 0 Å². The van der Waals surface area contributed by atoms with Crippen LogP contribution >= 0.6 is 0 Å². The minimum absolute atomic E-state index is 0.156. The Bertz CT molecular complexity index is 1370. The number of fused-ring (bicyclic) bond motifs is 1. The van der Waals surface area contributed by atoms with Crippen molar-refractivity contribution in [1.29, 1.82) is 0 Å². The van der Waals surface area contributed by atoms with Gasteiger partial charge in [0, 0.05) is 55.5 Å². The van der Waals surface area contributed by atoms with Gasteiger partial charge in [0.1, 0.15) is 18.0 Å². The van der Waals surface area contributed by atoms with Gasteiger partial charge >= 0.3 is 0 Å². The molecule has 1 fully saturated rings. The number of rotatable bonds is 7. The number of imidazole rings is 1. The predicted molar refractivity (Wildman–Crippen MR) is 144 cm³/mol. The van der Waals surface area contributed by atoms with Gasteiger partial charge in [-0.25, -0.2) is 4.98 Å². The van der Waals surface area contributed by atoms with Gasteiger partial charge in [-0.3, -0.25) is 4.79 Å². The highest BCUT2D eigenvalue weighted by Crippen LogP contribution is 2.25. The van der Waals surface area contributed by atoms with Crippen molar-refractivity contribution in [1.82, 2.24) is 14.3 Å². The number of likely N-dealkylation sites (N-methyl/N-ethyl adjacent to an activating group) is 1. The van der Waals surface area contributed by atoms with E-state index in [2.05, 4.69) is 46.1 Å². The number of nitrogens with one attached hydrogen (secondary N) is 1. The highest BCUT2D eigenvalue weighted by Gasteiger charge is 2.17. The number of ether oxygens (including phenoxy) is 1. The molecule has 0 saturated carbocycles. The van der Waals surface area contributed by atoms with Crippen molar-refractivity contribution in [3.63, 3.8) is 0 Å². The van der Waals surface area contributed by atoms with Crippen LogP contribution in [0.15, 0.2) is 67.0 Å². The van der Waals surface area contributed by atoms with Crippen molar-refractivity contribution >= 4 is 22.9 Å². The van der Waals surface area contributed by atoms with Gasteiger partial charge in [-0.05, 0) is 74.0 Å². The maximum absolute atomic E-state index is 13.0. The van der Waals surface area contributed by atoms with Crippen LogP contribution in [0.2, 0.25) is 0 Å². The fraction of sp³-hybridized carbons (Fsp3) is 0.310. The number of carbonyl (C=O) groups excluding carboxylic acids is 1. The Balaban J connectivity index is 1.21. The van der Waals surface area contributed by atoms with Gasteiger partial charge < -0.3 is 24.3 Å². The topological polar surface area (TPSA) is 62.1 Å². The first-order valence-corrected chi connectivity index (χ1v) is 12.5. The van der Waals surface area contributed by atoms with Crippen LogP contribution < -0.4 is 15.0 Å². The highest BCUT2D eigenvalue weighted by molar-refractivity contribution is 6.05. The lowest BCUT2D eigenvalue weighted by atomic mass is 10.1. The third-order valence-corrected chi connectivity index (χ3v) is 6.77. The van der Waals surface area contributed by atoms with Gasteiger partial charge in [0.15, 0.2) is 0 Å². The quantitative estimate of drug-likeness (QED) is 0.404. The van der Waals surface area contributed by atoms with E-state index in [1.165, 1.54) is 11.3 Å². The number of piperazine rings is 1. The summed E-state index contributed by atoms with van der Waals surface area (Å²) in [6.07, 6.45) is 4.01. The molecule has 36 heavy (non-hydrogen) atoms. The Hall–Kier alpha value is -3.84. The van der Waals surface area contributed by atoms with E-state index >= 15 is 0 Å². The minimum Gasteiger partial charge on any atom is -0.487 e. The molecule has 4 aromatic rings. The monoisotopic (exact) mass is 483 g/mol. The average Bonchev–Trinajstić information content (AvgIpc) is 3.31. The van der Waals surface area contributed by atoms with E-state index in [4.69, 9.17) is 4.74 Å². The minimum atomic E-state index is -0.156. The molecule has 1 aliphatic heterocycles. The van der Waals surface area contributed by atoms with Crippen LogP contribution in [0, 0.1) is 13.8 Å². The first-order chi connectivity index (χ1) is 17.5. The summed E-state index contributed by atoms with van der Waals surface area (Å²) in [6, 6.07) is 17.5. The van der Waals surface area contributed by atoms with E-state index < -0.39 is 0 Å². The van der Waals surface area contributed by atoms with E-state index in [-0.39, 0.29) is 5.91 Å². The number of amides is 1. The summed E-state index contributed by atoms with van der Waals surface area (Å²) in [7, 11) is 0. The lowest BCUT2D eigenvalue weighted by Crippen LogP contribution is -2.46. The third kappa shape index (κ3) is 5.36. The van der Waals surface area contributed by atoms with Gasteiger partial charge in [0.2, 0.25) is 0 Å². The van der Waals surface area contributed by atoms with Crippen molar-refractivity contribution in [2.24, 2.45) is 0 Å². The number of hydrogen-bond acceptors (Lipinski definition) is 5. The second-order valence-corrected chi connectivity index (χ2v) is 9.40. The average molecular weight is 484 g/mol. The largest absolute Gasteiger partial charge is 0.487 e. The highest BCUT2D eigenvalue weighted by atomic mass is 16.5. The number of aryl methyl sites for hydroxylation is 2. The molecule has 186 valence electrons. The second kappa shape index (κ2) is 10.4. The zero-order valence-electron chi connectivity index (χ0n) is 21.2. The molecule has 0 unspecified atom stereocenters. The molecule has 1 saturated heterocycles. The van der Waals surface area contributed by atoms with Gasteiger partial charge in [0.05, 0.1) is 5.69 Å². The zero-order chi connectivity index (χ0) is 25.1. The normalized spacial score (nSPS) is 14.2. The SMILES string of the molecule is CCN1CCN(c2ccc(NC(=O)c3cccc(OCc4cn5cc(C)ccc5n4)c3)c(C)c2)CC1. The van der Waals surface area contributed by atoms with Crippen molar-refractivity contribution in [2.45, 2.75) is 27.4 Å². The Kier molecular flexibility index (Phi) is 6.91. The van der Waals surface area contributed by atoms with E-state index in [1.54, 1.807) is 12.1 Å². The van der Waals surface area contributed by atoms with Crippen molar-refractivity contribution in [3.05, 3.63) is 89.4 Å². The van der Waals surface area contributed by atoms with Gasteiger partial charge in [-0.1, -0.05) is 19.1 Å². The summed E-state index contributed by atoms with van der Waals surface area (Å²) in [4.78, 5) is 22.5. The van der Waals surface area contributed by atoms with Crippen molar-refractivity contribution in [3.8, 4) is 5.75 Å². The van der Waals surface area contributed by atoms with Crippen LogP contribution in [-0.2, 0) is 6.61 Å². The molecule has 0 radical (unpaired) electrons. The summed E-state index contributed by atoms with van der Waals surface area (Å²) in [5.41, 5.74) is 6.52. The van der Waals surface area contributed by atoms with Gasteiger partial charge in [0.25, 0.3) is 5.91 Å². The van der Waals surface area contributed by atoms with E-state index in [0.717, 1.165) is 55.3 Å². The fourth-order valence-corrected chi connectivity index (χ4v) is 4.61. The Morgan fingerprint density at radius 1 is 1.00 bits per heavy atom. The Morgan fingerprint density at radius 2 is 1.83 bits per heavy atom. The summed E-state index contributed by atoms with van der Waals surface area (Å²) >= 11 is 0. The van der Waals surface area contributed by atoms with Crippen LogP contribution in [0.4, 0.5) is 11.4 Å². The summed E-state index contributed by atoms with van der Waals surface area (Å²) < 4.78 is 7.95. The number of benzene rings is 2. The number of anilines is 2. The molecule has 5 rings (SSSR count). The number of nitrogens with zero attached hydrogens (tertiary/aromatic N) is 4. The van der Waals surface area contributed by atoms with Crippen LogP contribution in [-0.4, -0.2) is 52.9 Å². The van der Waals surface area contributed by atoms with E-state index in [9.17, 15) is 4.79 Å². The Morgan fingerprint density at radius 3 is 2.61 bits per heavy atom. The fourth-order valence-electron chi connectivity index (χ4n) is 4.61. The second-order valence-electron chi connectivity index (χ2n) is 9.40. The smallest absolute Gasteiger partial charge is 0.255 e. The molecule has 1 aliphatic rings. The molecule has 2 aromatic heterocycles. The van der Waals surface area contributed by atoms with Crippen LogP contribution in [0.3, 0.4) is 0 Å². The zero-order valence-corrected chi connectivity index (χ0v) is 21.2. The Labute approximate surface area is 212 Å². The standard InChI is InChI=1S/C29H33N5O2/c1-4-32-12-14-33(15-13-32)25-9-10-27(22(3)16-25)31-29(35)23-6-5-7-26(17-23)36-20-24-19-34-18-21(2)8-11-28(34)30-24/h5-11,16-19H,4,12-15,20H2,1-3H3,(H,31,35). The first-order valence-electron chi connectivity index (χ1n) is 12.5. The van der Waals surface area contributed by atoms with Crippen LogP contribution in [0.5, 0.6) is 5.75 Å². The molecule has 7 heteroatoms. The molecule has 1 amide bonds. The molecular formula is C29H33N5O2. The molecule has 7 nitrogen and oxygen atoms in total. The summed E-state index contributed by atoms with van der Waals surface area (Å²) in [5, 5.41) is 3.06. The molecule has 0 aliphatic carbocycles.